The summed E-state index contributed by atoms with van der Waals surface area (Å²) in [6, 6.07) is 7.94. The van der Waals surface area contributed by atoms with Crippen molar-refractivity contribution >= 4 is 27.4 Å². The molecule has 0 saturated heterocycles. The molecule has 0 radical (unpaired) electrons. The molecule has 1 aromatic heterocycles. The summed E-state index contributed by atoms with van der Waals surface area (Å²) in [7, 11) is 0. The second-order valence-corrected chi connectivity index (χ2v) is 5.79. The van der Waals surface area contributed by atoms with Gasteiger partial charge in [-0.15, -0.1) is 11.3 Å². The van der Waals surface area contributed by atoms with Crippen LogP contribution in [-0.4, -0.2) is 11.1 Å². The lowest BCUT2D eigenvalue weighted by Crippen LogP contribution is -2.28. The van der Waals surface area contributed by atoms with Crippen LogP contribution in [-0.2, 0) is 10.2 Å². The molecule has 0 atom stereocenters. The SMILES string of the molecule is Cc1cc2c(C(C)(C)C(=O)O)cccc2s1. The number of carboxylic acids is 1. The molecule has 3 heteroatoms. The van der Waals surface area contributed by atoms with E-state index in [4.69, 9.17) is 0 Å². The molecule has 84 valence electrons. The molecule has 0 unspecified atom stereocenters. The largest absolute Gasteiger partial charge is 0.481 e. The molecule has 1 N–H and O–H groups in total. The van der Waals surface area contributed by atoms with Gasteiger partial charge in [0.05, 0.1) is 5.41 Å². The highest BCUT2D eigenvalue weighted by atomic mass is 32.1. The van der Waals surface area contributed by atoms with Crippen LogP contribution in [0.2, 0.25) is 0 Å². The van der Waals surface area contributed by atoms with Crippen molar-refractivity contribution in [3.63, 3.8) is 0 Å². The number of rotatable bonds is 2. The minimum Gasteiger partial charge on any atom is -0.481 e. The summed E-state index contributed by atoms with van der Waals surface area (Å²) in [5.74, 6) is -0.788. The Balaban J connectivity index is 2.73. The van der Waals surface area contributed by atoms with Gasteiger partial charge >= 0.3 is 5.97 Å². The van der Waals surface area contributed by atoms with Crippen molar-refractivity contribution in [1.82, 2.24) is 0 Å². The summed E-state index contributed by atoms with van der Waals surface area (Å²) >= 11 is 1.70. The first-order valence-electron chi connectivity index (χ1n) is 5.16. The van der Waals surface area contributed by atoms with E-state index < -0.39 is 11.4 Å². The van der Waals surface area contributed by atoms with E-state index in [9.17, 15) is 9.90 Å². The lowest BCUT2D eigenvalue weighted by molar-refractivity contribution is -0.142. The maximum absolute atomic E-state index is 11.3. The third-order valence-electron chi connectivity index (χ3n) is 2.89. The fraction of sp³-hybridized carbons (Fsp3) is 0.308. The zero-order chi connectivity index (χ0) is 11.9. The molecule has 0 fully saturated rings. The molecule has 2 rings (SSSR count). The number of benzene rings is 1. The number of fused-ring (bicyclic) bond motifs is 1. The van der Waals surface area contributed by atoms with Crippen LogP contribution in [0.15, 0.2) is 24.3 Å². The quantitative estimate of drug-likeness (QED) is 0.862. The molecule has 0 bridgehead atoms. The van der Waals surface area contributed by atoms with Gasteiger partial charge in [-0.2, -0.15) is 0 Å². The highest BCUT2D eigenvalue weighted by Gasteiger charge is 2.31. The molecular formula is C13H14O2S. The number of aliphatic carboxylic acids is 1. The summed E-state index contributed by atoms with van der Waals surface area (Å²) in [5.41, 5.74) is 0.0503. The van der Waals surface area contributed by atoms with Crippen LogP contribution in [0.5, 0.6) is 0 Å². The topological polar surface area (TPSA) is 37.3 Å². The van der Waals surface area contributed by atoms with Crippen LogP contribution in [0.25, 0.3) is 10.1 Å². The van der Waals surface area contributed by atoms with Gasteiger partial charge in [-0.05, 0) is 43.9 Å². The highest BCUT2D eigenvalue weighted by Crippen LogP contribution is 2.34. The lowest BCUT2D eigenvalue weighted by atomic mass is 9.83. The number of hydrogen-bond acceptors (Lipinski definition) is 2. The molecule has 0 spiro atoms. The first-order chi connectivity index (χ1) is 7.43. The minimum atomic E-state index is -0.840. The van der Waals surface area contributed by atoms with E-state index >= 15 is 0 Å². The van der Waals surface area contributed by atoms with Crippen LogP contribution >= 0.6 is 11.3 Å². The molecule has 0 aliphatic heterocycles. The zero-order valence-corrected chi connectivity index (χ0v) is 10.4. The molecule has 1 heterocycles. The molecule has 0 aliphatic rings. The third kappa shape index (κ3) is 1.61. The summed E-state index contributed by atoms with van der Waals surface area (Å²) in [6.45, 7) is 5.54. The van der Waals surface area contributed by atoms with Crippen LogP contribution in [0.3, 0.4) is 0 Å². The number of hydrogen-bond donors (Lipinski definition) is 1. The van der Waals surface area contributed by atoms with Crippen molar-refractivity contribution in [2.75, 3.05) is 0 Å². The average molecular weight is 234 g/mol. The van der Waals surface area contributed by atoms with E-state index in [1.165, 1.54) is 4.88 Å². The normalized spacial score (nSPS) is 11.9. The van der Waals surface area contributed by atoms with E-state index in [1.54, 1.807) is 25.2 Å². The van der Waals surface area contributed by atoms with Crippen molar-refractivity contribution in [1.29, 1.82) is 0 Å². The van der Waals surface area contributed by atoms with Gasteiger partial charge in [-0.3, -0.25) is 4.79 Å². The van der Waals surface area contributed by atoms with Gasteiger partial charge in [0.15, 0.2) is 0 Å². The maximum Gasteiger partial charge on any atom is 0.313 e. The van der Waals surface area contributed by atoms with Gasteiger partial charge in [0.25, 0.3) is 0 Å². The fourth-order valence-corrected chi connectivity index (χ4v) is 2.80. The van der Waals surface area contributed by atoms with Crippen LogP contribution in [0.4, 0.5) is 0 Å². The molecule has 16 heavy (non-hydrogen) atoms. The Labute approximate surface area is 98.5 Å². The number of carboxylic acid groups (broad SMARTS) is 1. The average Bonchev–Trinajstić information content (AvgIpc) is 2.56. The smallest absolute Gasteiger partial charge is 0.313 e. The molecule has 2 nitrogen and oxygen atoms in total. The summed E-state index contributed by atoms with van der Waals surface area (Å²) in [5, 5.41) is 10.3. The molecular weight excluding hydrogens is 220 g/mol. The van der Waals surface area contributed by atoms with Crippen LogP contribution in [0, 0.1) is 6.92 Å². The molecule has 2 aromatic rings. The fourth-order valence-electron chi connectivity index (χ4n) is 1.85. The summed E-state index contributed by atoms with van der Waals surface area (Å²) in [4.78, 5) is 12.5. The van der Waals surface area contributed by atoms with E-state index in [-0.39, 0.29) is 0 Å². The Morgan fingerprint density at radius 2 is 2.06 bits per heavy atom. The first-order valence-corrected chi connectivity index (χ1v) is 5.97. The van der Waals surface area contributed by atoms with Gasteiger partial charge in [-0.1, -0.05) is 12.1 Å². The highest BCUT2D eigenvalue weighted by molar-refractivity contribution is 7.19. The van der Waals surface area contributed by atoms with Crippen molar-refractivity contribution in [2.45, 2.75) is 26.2 Å². The summed E-state index contributed by atoms with van der Waals surface area (Å²) < 4.78 is 1.16. The van der Waals surface area contributed by atoms with E-state index in [0.717, 1.165) is 15.6 Å². The van der Waals surface area contributed by atoms with E-state index in [2.05, 4.69) is 6.07 Å². The maximum atomic E-state index is 11.3. The number of thiophene rings is 1. The summed E-state index contributed by atoms with van der Waals surface area (Å²) in [6.07, 6.45) is 0. The van der Waals surface area contributed by atoms with E-state index in [1.807, 2.05) is 25.1 Å². The second kappa shape index (κ2) is 3.59. The Morgan fingerprint density at radius 1 is 1.38 bits per heavy atom. The number of aryl methyl sites for hydroxylation is 1. The zero-order valence-electron chi connectivity index (χ0n) is 9.57. The first kappa shape index (κ1) is 11.1. The van der Waals surface area contributed by atoms with Gasteiger partial charge < -0.3 is 5.11 Å². The lowest BCUT2D eigenvalue weighted by Gasteiger charge is -2.20. The van der Waals surface area contributed by atoms with Gasteiger partial charge in [0.1, 0.15) is 0 Å². The van der Waals surface area contributed by atoms with Crippen LogP contribution < -0.4 is 0 Å². The molecule has 0 amide bonds. The van der Waals surface area contributed by atoms with Crippen LogP contribution in [0.1, 0.15) is 24.3 Å². The molecule has 1 aromatic carbocycles. The predicted molar refractivity (Wildman–Crippen MR) is 67.2 cm³/mol. The minimum absolute atomic E-state index is 0.788. The second-order valence-electron chi connectivity index (χ2n) is 4.50. The Hall–Kier alpha value is -1.35. The Bertz CT molecular complexity index is 552. The Morgan fingerprint density at radius 3 is 2.69 bits per heavy atom. The molecule has 0 saturated carbocycles. The van der Waals surface area contributed by atoms with Gasteiger partial charge in [0, 0.05) is 9.58 Å². The number of carbonyl (C=O) groups is 1. The third-order valence-corrected chi connectivity index (χ3v) is 3.91. The Kier molecular flexibility index (Phi) is 2.50. The van der Waals surface area contributed by atoms with E-state index in [0.29, 0.717) is 0 Å². The molecule has 0 aliphatic carbocycles. The van der Waals surface area contributed by atoms with Crippen molar-refractivity contribution in [3.8, 4) is 0 Å². The monoisotopic (exact) mass is 234 g/mol. The van der Waals surface area contributed by atoms with Gasteiger partial charge in [0.2, 0.25) is 0 Å². The standard InChI is InChI=1S/C13H14O2S/c1-8-7-9-10(13(2,3)12(14)15)5-4-6-11(9)16-8/h4-7H,1-3H3,(H,14,15). The van der Waals surface area contributed by atoms with Crippen molar-refractivity contribution in [2.24, 2.45) is 0 Å². The van der Waals surface area contributed by atoms with Crippen molar-refractivity contribution < 1.29 is 9.90 Å². The van der Waals surface area contributed by atoms with Gasteiger partial charge in [-0.25, -0.2) is 0 Å². The predicted octanol–water partition coefficient (Wildman–Crippen LogP) is 3.57. The van der Waals surface area contributed by atoms with Crippen molar-refractivity contribution in [3.05, 3.63) is 34.7 Å².